The zero-order valence-electron chi connectivity index (χ0n) is 12.6. The third kappa shape index (κ3) is 3.61. The van der Waals surface area contributed by atoms with E-state index in [4.69, 9.17) is 4.74 Å². The van der Waals surface area contributed by atoms with E-state index in [1.165, 1.54) is 18.7 Å². The molecule has 0 spiro atoms. The molecular formula is C18H21FO2. The van der Waals surface area contributed by atoms with Crippen molar-refractivity contribution in [3.05, 3.63) is 65.0 Å². The maximum absolute atomic E-state index is 13.9. The largest absolute Gasteiger partial charge is 0.496 e. The molecule has 112 valence electrons. The summed E-state index contributed by atoms with van der Waals surface area (Å²) < 4.78 is 19.1. The normalized spacial score (nSPS) is 12.5. The number of hydrogen-bond donors (Lipinski definition) is 1. The van der Waals surface area contributed by atoms with Gasteiger partial charge in [0.15, 0.2) is 0 Å². The zero-order chi connectivity index (χ0) is 15.4. The van der Waals surface area contributed by atoms with Crippen LogP contribution in [0.15, 0.2) is 42.5 Å². The minimum atomic E-state index is -0.925. The lowest BCUT2D eigenvalue weighted by atomic mass is 9.97. The molecule has 2 rings (SSSR count). The van der Waals surface area contributed by atoms with Crippen LogP contribution in [0.3, 0.4) is 0 Å². The van der Waals surface area contributed by atoms with Gasteiger partial charge < -0.3 is 9.84 Å². The number of ether oxygens (including phenoxy) is 1. The summed E-state index contributed by atoms with van der Waals surface area (Å²) in [5, 5.41) is 10.3. The van der Waals surface area contributed by atoms with E-state index in [0.717, 1.165) is 5.56 Å². The van der Waals surface area contributed by atoms with E-state index < -0.39 is 11.9 Å². The van der Waals surface area contributed by atoms with Crippen LogP contribution in [-0.2, 0) is 6.42 Å². The van der Waals surface area contributed by atoms with Crippen molar-refractivity contribution >= 4 is 0 Å². The highest BCUT2D eigenvalue weighted by Crippen LogP contribution is 2.30. The summed E-state index contributed by atoms with van der Waals surface area (Å²) in [6.07, 6.45) is -0.568. The van der Waals surface area contributed by atoms with Crippen molar-refractivity contribution in [3.63, 3.8) is 0 Å². The van der Waals surface area contributed by atoms with E-state index >= 15 is 0 Å². The van der Waals surface area contributed by atoms with Crippen molar-refractivity contribution in [3.8, 4) is 5.75 Å². The van der Waals surface area contributed by atoms with Crippen molar-refractivity contribution in [1.29, 1.82) is 0 Å². The molecule has 0 aliphatic heterocycles. The number of methoxy groups -OCH3 is 1. The first kappa shape index (κ1) is 15.5. The number of aliphatic hydroxyl groups is 1. The minimum Gasteiger partial charge on any atom is -0.496 e. The fraction of sp³-hybridized carbons (Fsp3) is 0.333. The molecule has 0 saturated heterocycles. The molecule has 2 nitrogen and oxygen atoms in total. The fourth-order valence-electron chi connectivity index (χ4n) is 2.38. The van der Waals surface area contributed by atoms with Crippen LogP contribution in [0.2, 0.25) is 0 Å². The number of benzene rings is 2. The van der Waals surface area contributed by atoms with E-state index in [1.54, 1.807) is 12.1 Å². The quantitative estimate of drug-likeness (QED) is 0.892. The van der Waals surface area contributed by atoms with Gasteiger partial charge in [0.05, 0.1) is 18.8 Å². The maximum Gasteiger partial charge on any atom is 0.132 e. The predicted molar refractivity (Wildman–Crippen MR) is 82.1 cm³/mol. The summed E-state index contributed by atoms with van der Waals surface area (Å²) in [5.74, 6) is 0.401. The molecule has 1 unspecified atom stereocenters. The van der Waals surface area contributed by atoms with Gasteiger partial charge >= 0.3 is 0 Å². The Morgan fingerprint density at radius 2 is 1.76 bits per heavy atom. The highest BCUT2D eigenvalue weighted by Gasteiger charge is 2.18. The SMILES string of the molecule is COc1cccc(F)c1C(O)Cc1ccc(C(C)C)cc1. The van der Waals surface area contributed by atoms with Gasteiger partial charge in [0.1, 0.15) is 11.6 Å². The van der Waals surface area contributed by atoms with Gasteiger partial charge in [0.25, 0.3) is 0 Å². The smallest absolute Gasteiger partial charge is 0.132 e. The molecule has 2 aromatic rings. The van der Waals surface area contributed by atoms with Gasteiger partial charge in [0, 0.05) is 6.42 Å². The van der Waals surface area contributed by atoms with Crippen LogP contribution in [0, 0.1) is 5.82 Å². The molecule has 0 heterocycles. The fourth-order valence-corrected chi connectivity index (χ4v) is 2.38. The van der Waals surface area contributed by atoms with Crippen LogP contribution >= 0.6 is 0 Å². The molecule has 0 fully saturated rings. The zero-order valence-corrected chi connectivity index (χ0v) is 12.6. The van der Waals surface area contributed by atoms with Crippen LogP contribution in [0.5, 0.6) is 5.75 Å². The van der Waals surface area contributed by atoms with Crippen LogP contribution in [0.1, 0.15) is 42.6 Å². The van der Waals surface area contributed by atoms with Crippen molar-refractivity contribution in [1.82, 2.24) is 0 Å². The van der Waals surface area contributed by atoms with Gasteiger partial charge in [-0.05, 0) is 29.2 Å². The second-order valence-corrected chi connectivity index (χ2v) is 5.47. The number of hydrogen-bond acceptors (Lipinski definition) is 2. The average Bonchev–Trinajstić information content (AvgIpc) is 2.47. The molecule has 1 N–H and O–H groups in total. The van der Waals surface area contributed by atoms with Crippen molar-refractivity contribution in [2.24, 2.45) is 0 Å². The van der Waals surface area contributed by atoms with Gasteiger partial charge in [0.2, 0.25) is 0 Å². The summed E-state index contributed by atoms with van der Waals surface area (Å²) in [5.41, 5.74) is 2.43. The molecular weight excluding hydrogens is 267 g/mol. The molecule has 0 aliphatic carbocycles. The van der Waals surface area contributed by atoms with Gasteiger partial charge in [-0.1, -0.05) is 44.2 Å². The number of rotatable bonds is 5. The van der Waals surface area contributed by atoms with E-state index in [2.05, 4.69) is 13.8 Å². The van der Waals surface area contributed by atoms with Crippen LogP contribution in [-0.4, -0.2) is 12.2 Å². The summed E-state index contributed by atoms with van der Waals surface area (Å²) in [6, 6.07) is 12.6. The lowest BCUT2D eigenvalue weighted by molar-refractivity contribution is 0.169. The Labute approximate surface area is 125 Å². The molecule has 0 bridgehead atoms. The third-order valence-corrected chi connectivity index (χ3v) is 3.64. The highest BCUT2D eigenvalue weighted by atomic mass is 19.1. The van der Waals surface area contributed by atoms with Crippen LogP contribution < -0.4 is 4.74 Å². The molecule has 0 saturated carbocycles. The highest BCUT2D eigenvalue weighted by molar-refractivity contribution is 5.37. The Bertz CT molecular complexity index is 591. The molecule has 21 heavy (non-hydrogen) atoms. The first-order valence-corrected chi connectivity index (χ1v) is 7.12. The average molecular weight is 288 g/mol. The molecule has 0 amide bonds. The second-order valence-electron chi connectivity index (χ2n) is 5.47. The van der Waals surface area contributed by atoms with Gasteiger partial charge in [-0.15, -0.1) is 0 Å². The lowest BCUT2D eigenvalue weighted by Gasteiger charge is -2.16. The number of halogens is 1. The first-order valence-electron chi connectivity index (χ1n) is 7.12. The molecule has 0 aromatic heterocycles. The Balaban J connectivity index is 2.20. The summed E-state index contributed by atoms with van der Waals surface area (Å²) >= 11 is 0. The number of aliphatic hydroxyl groups excluding tert-OH is 1. The molecule has 3 heteroatoms. The van der Waals surface area contributed by atoms with Crippen molar-refractivity contribution in [2.75, 3.05) is 7.11 Å². The standard InChI is InChI=1S/C18H21FO2/c1-12(2)14-9-7-13(8-10-14)11-16(20)18-15(19)5-4-6-17(18)21-3/h4-10,12,16,20H,11H2,1-3H3. The van der Waals surface area contributed by atoms with Gasteiger partial charge in [-0.3, -0.25) is 0 Å². The van der Waals surface area contributed by atoms with Gasteiger partial charge in [-0.2, -0.15) is 0 Å². The Kier molecular flexibility index (Phi) is 4.97. The summed E-state index contributed by atoms with van der Waals surface area (Å²) in [4.78, 5) is 0. The summed E-state index contributed by atoms with van der Waals surface area (Å²) in [7, 11) is 1.47. The van der Waals surface area contributed by atoms with Crippen molar-refractivity contribution in [2.45, 2.75) is 32.3 Å². The lowest BCUT2D eigenvalue weighted by Crippen LogP contribution is -2.07. The van der Waals surface area contributed by atoms with Crippen molar-refractivity contribution < 1.29 is 14.2 Å². The molecule has 0 aliphatic rings. The minimum absolute atomic E-state index is 0.216. The molecule has 1 atom stereocenters. The van der Waals surface area contributed by atoms with E-state index in [9.17, 15) is 9.50 Å². The van der Waals surface area contributed by atoms with Crippen LogP contribution in [0.4, 0.5) is 4.39 Å². The van der Waals surface area contributed by atoms with E-state index in [0.29, 0.717) is 18.1 Å². The Hall–Kier alpha value is -1.87. The molecule has 2 aromatic carbocycles. The van der Waals surface area contributed by atoms with E-state index in [-0.39, 0.29) is 5.56 Å². The van der Waals surface area contributed by atoms with Gasteiger partial charge in [-0.25, -0.2) is 4.39 Å². The monoisotopic (exact) mass is 288 g/mol. The maximum atomic E-state index is 13.9. The Morgan fingerprint density at radius 1 is 1.10 bits per heavy atom. The summed E-state index contributed by atoms with van der Waals surface area (Å²) in [6.45, 7) is 4.27. The third-order valence-electron chi connectivity index (χ3n) is 3.64. The van der Waals surface area contributed by atoms with Crippen LogP contribution in [0.25, 0.3) is 0 Å². The Morgan fingerprint density at radius 3 is 2.33 bits per heavy atom. The predicted octanol–water partition coefficient (Wildman–Crippen LogP) is 4.23. The first-order chi connectivity index (χ1) is 10.0. The second kappa shape index (κ2) is 6.72. The molecule has 0 radical (unpaired) electrons. The van der Waals surface area contributed by atoms with E-state index in [1.807, 2.05) is 24.3 Å². The topological polar surface area (TPSA) is 29.5 Å².